The minimum atomic E-state index is -4.84. The zero-order valence-corrected chi connectivity index (χ0v) is 9.94. The van der Waals surface area contributed by atoms with Gasteiger partial charge in [-0.3, -0.25) is 0 Å². The SMILES string of the molecule is Fc1cnc(OC(F)(F)F)c(Br)c1I. The van der Waals surface area contributed by atoms with Gasteiger partial charge in [0.05, 0.1) is 14.2 Å². The molecule has 1 aromatic heterocycles. The first-order valence-electron chi connectivity index (χ1n) is 3.06. The van der Waals surface area contributed by atoms with E-state index in [-0.39, 0.29) is 8.04 Å². The summed E-state index contributed by atoms with van der Waals surface area (Å²) in [7, 11) is 0. The zero-order chi connectivity index (χ0) is 10.9. The molecule has 1 aromatic rings. The minimum absolute atomic E-state index is 0.0168. The van der Waals surface area contributed by atoms with Crippen molar-refractivity contribution in [1.29, 1.82) is 0 Å². The molecule has 0 aliphatic rings. The van der Waals surface area contributed by atoms with Crippen LogP contribution in [0, 0.1) is 9.39 Å². The van der Waals surface area contributed by atoms with Crippen LogP contribution in [-0.2, 0) is 0 Å². The number of alkyl halides is 3. The Labute approximate surface area is 97.9 Å². The summed E-state index contributed by atoms with van der Waals surface area (Å²) in [5.41, 5.74) is 0. The Morgan fingerprint density at radius 2 is 2.00 bits per heavy atom. The average Bonchev–Trinajstić information content (AvgIpc) is 2.04. The van der Waals surface area contributed by atoms with Crippen molar-refractivity contribution in [1.82, 2.24) is 4.98 Å². The van der Waals surface area contributed by atoms with Crippen LogP contribution in [0.2, 0.25) is 0 Å². The van der Waals surface area contributed by atoms with Gasteiger partial charge in [-0.15, -0.1) is 13.2 Å². The number of halogens is 6. The molecule has 0 radical (unpaired) electrons. The molecule has 1 heterocycles. The Bertz CT molecular complexity index is 356. The van der Waals surface area contributed by atoms with Gasteiger partial charge in [0.15, 0.2) is 5.82 Å². The monoisotopic (exact) mass is 385 g/mol. The first-order chi connectivity index (χ1) is 6.31. The fraction of sp³-hybridized carbons (Fsp3) is 0.167. The van der Waals surface area contributed by atoms with Gasteiger partial charge in [-0.2, -0.15) is 0 Å². The second-order valence-electron chi connectivity index (χ2n) is 2.09. The van der Waals surface area contributed by atoms with E-state index in [4.69, 9.17) is 0 Å². The molecular formula is C6HBrF4INO. The maximum Gasteiger partial charge on any atom is 0.574 e. The maximum atomic E-state index is 12.8. The summed E-state index contributed by atoms with van der Waals surface area (Å²) >= 11 is 4.29. The summed E-state index contributed by atoms with van der Waals surface area (Å²) in [5, 5.41) is 0. The number of aromatic nitrogens is 1. The quantitative estimate of drug-likeness (QED) is 0.545. The average molecular weight is 386 g/mol. The highest BCUT2D eigenvalue weighted by molar-refractivity contribution is 14.1. The fourth-order valence-corrected chi connectivity index (χ4v) is 1.35. The van der Waals surface area contributed by atoms with Crippen molar-refractivity contribution in [2.24, 2.45) is 0 Å². The van der Waals surface area contributed by atoms with Gasteiger partial charge in [0.25, 0.3) is 0 Å². The highest BCUT2D eigenvalue weighted by Gasteiger charge is 2.33. The number of hydrogen-bond donors (Lipinski definition) is 0. The van der Waals surface area contributed by atoms with Gasteiger partial charge in [-0.1, -0.05) is 0 Å². The highest BCUT2D eigenvalue weighted by atomic mass is 127. The lowest BCUT2D eigenvalue weighted by molar-refractivity contribution is -0.276. The first kappa shape index (κ1) is 12.0. The lowest BCUT2D eigenvalue weighted by Gasteiger charge is -2.09. The summed E-state index contributed by atoms with van der Waals surface area (Å²) < 4.78 is 51.4. The van der Waals surface area contributed by atoms with E-state index in [1.165, 1.54) is 22.6 Å². The predicted molar refractivity (Wildman–Crippen MR) is 51.3 cm³/mol. The molecule has 0 spiro atoms. The van der Waals surface area contributed by atoms with Crippen LogP contribution >= 0.6 is 38.5 Å². The summed E-state index contributed by atoms with van der Waals surface area (Å²) in [6, 6.07) is 0. The van der Waals surface area contributed by atoms with Gasteiger partial charge in [0.1, 0.15) is 0 Å². The van der Waals surface area contributed by atoms with Gasteiger partial charge >= 0.3 is 6.36 Å². The molecule has 8 heteroatoms. The first-order valence-corrected chi connectivity index (χ1v) is 4.93. The topological polar surface area (TPSA) is 22.1 Å². The molecule has 0 saturated heterocycles. The molecule has 0 aliphatic carbocycles. The summed E-state index contributed by atoms with van der Waals surface area (Å²) in [6.07, 6.45) is -4.18. The molecule has 0 aromatic carbocycles. The molecule has 0 unspecified atom stereocenters. The van der Waals surface area contributed by atoms with Gasteiger partial charge < -0.3 is 4.74 Å². The van der Waals surface area contributed by atoms with E-state index in [1.807, 2.05) is 0 Å². The van der Waals surface area contributed by atoms with E-state index in [1.54, 1.807) is 0 Å². The van der Waals surface area contributed by atoms with Crippen LogP contribution in [0.4, 0.5) is 17.6 Å². The van der Waals surface area contributed by atoms with Crippen LogP contribution < -0.4 is 4.74 Å². The molecule has 0 fully saturated rings. The van der Waals surface area contributed by atoms with Crippen LogP contribution in [0.25, 0.3) is 0 Å². The zero-order valence-electron chi connectivity index (χ0n) is 6.20. The largest absolute Gasteiger partial charge is 0.574 e. The molecule has 78 valence electrons. The van der Waals surface area contributed by atoms with Crippen LogP contribution in [0.1, 0.15) is 0 Å². The van der Waals surface area contributed by atoms with Gasteiger partial charge in [-0.05, 0) is 38.5 Å². The normalized spacial score (nSPS) is 11.6. The highest BCUT2D eigenvalue weighted by Crippen LogP contribution is 2.32. The van der Waals surface area contributed by atoms with Crippen molar-refractivity contribution in [2.45, 2.75) is 6.36 Å². The third-order valence-corrected chi connectivity index (χ3v) is 3.63. The van der Waals surface area contributed by atoms with Crippen molar-refractivity contribution in [3.8, 4) is 5.88 Å². The molecule has 0 aliphatic heterocycles. The molecule has 0 atom stereocenters. The van der Waals surface area contributed by atoms with Crippen LogP contribution in [-0.4, -0.2) is 11.3 Å². The van der Waals surface area contributed by atoms with E-state index in [0.717, 1.165) is 0 Å². The van der Waals surface area contributed by atoms with Gasteiger partial charge in [0.2, 0.25) is 5.88 Å². The summed E-state index contributed by atoms with van der Waals surface area (Å²) in [6.45, 7) is 0. The lowest BCUT2D eigenvalue weighted by atomic mass is 10.5. The predicted octanol–water partition coefficient (Wildman–Crippen LogP) is 3.49. The molecule has 0 bridgehead atoms. The molecule has 14 heavy (non-hydrogen) atoms. The standard InChI is InChI=1S/C6HBrF4INO/c7-3-4(12)2(8)1-13-5(3)14-6(9,10)11/h1H. The van der Waals surface area contributed by atoms with Gasteiger partial charge in [-0.25, -0.2) is 9.37 Å². The van der Waals surface area contributed by atoms with Crippen LogP contribution in [0.15, 0.2) is 10.7 Å². The Kier molecular flexibility index (Phi) is 3.56. The summed E-state index contributed by atoms with van der Waals surface area (Å²) in [4.78, 5) is 3.16. The second kappa shape index (κ2) is 4.17. The number of nitrogens with zero attached hydrogens (tertiary/aromatic N) is 1. The molecule has 0 N–H and O–H groups in total. The van der Waals surface area contributed by atoms with Crippen LogP contribution in [0.3, 0.4) is 0 Å². The molecule has 0 amide bonds. The second-order valence-corrected chi connectivity index (χ2v) is 3.96. The Hall–Kier alpha value is -0.120. The Balaban J connectivity index is 3.06. The van der Waals surface area contributed by atoms with E-state index < -0.39 is 18.1 Å². The number of hydrogen-bond acceptors (Lipinski definition) is 2. The van der Waals surface area contributed by atoms with E-state index in [0.29, 0.717) is 6.20 Å². The van der Waals surface area contributed by atoms with Crippen molar-refractivity contribution in [3.63, 3.8) is 0 Å². The fourth-order valence-electron chi connectivity index (χ4n) is 0.608. The third-order valence-electron chi connectivity index (χ3n) is 1.10. The third kappa shape index (κ3) is 2.94. The van der Waals surface area contributed by atoms with Crippen molar-refractivity contribution in [2.75, 3.05) is 0 Å². The Morgan fingerprint density at radius 1 is 1.43 bits per heavy atom. The Morgan fingerprint density at radius 3 is 2.50 bits per heavy atom. The van der Waals surface area contributed by atoms with Crippen LogP contribution in [0.5, 0.6) is 5.88 Å². The minimum Gasteiger partial charge on any atom is -0.387 e. The van der Waals surface area contributed by atoms with E-state index in [9.17, 15) is 17.6 Å². The number of pyridine rings is 1. The summed E-state index contributed by atoms with van der Waals surface area (Å²) in [5.74, 6) is -1.42. The number of ether oxygens (including phenoxy) is 1. The number of rotatable bonds is 1. The van der Waals surface area contributed by atoms with Crippen molar-refractivity contribution in [3.05, 3.63) is 20.1 Å². The lowest BCUT2D eigenvalue weighted by Crippen LogP contribution is -2.18. The molecule has 0 saturated carbocycles. The molecular weight excluding hydrogens is 385 g/mol. The van der Waals surface area contributed by atoms with E-state index in [2.05, 4.69) is 25.7 Å². The maximum absolute atomic E-state index is 12.8. The molecule has 1 rings (SSSR count). The van der Waals surface area contributed by atoms with Crippen molar-refractivity contribution < 1.29 is 22.3 Å². The van der Waals surface area contributed by atoms with Crippen molar-refractivity contribution >= 4 is 38.5 Å². The van der Waals surface area contributed by atoms with E-state index >= 15 is 0 Å². The smallest absolute Gasteiger partial charge is 0.387 e. The van der Waals surface area contributed by atoms with Gasteiger partial charge in [0, 0.05) is 0 Å². The molecule has 2 nitrogen and oxygen atoms in total.